The van der Waals surface area contributed by atoms with Crippen LogP contribution in [0.5, 0.6) is 11.5 Å². The molecule has 3 nitrogen and oxygen atoms in total. The van der Waals surface area contributed by atoms with Crippen LogP contribution in [-0.2, 0) is 5.41 Å². The first-order valence-corrected chi connectivity index (χ1v) is 19.3. The molecule has 2 aliphatic heterocycles. The molecule has 2 heterocycles. The Morgan fingerprint density at radius 2 is 1.02 bits per heavy atom. The van der Waals surface area contributed by atoms with Crippen LogP contribution >= 0.6 is 0 Å². The number of ether oxygens (including phenoxy) is 1. The van der Waals surface area contributed by atoms with E-state index in [0.29, 0.717) is 0 Å². The van der Waals surface area contributed by atoms with Crippen molar-refractivity contribution in [1.82, 2.24) is 0 Å². The van der Waals surface area contributed by atoms with Crippen LogP contribution in [0.15, 0.2) is 194 Å². The molecule has 0 amide bonds. The first kappa shape index (κ1) is 32.3. The second-order valence-corrected chi connectivity index (χ2v) is 15.4. The quantitative estimate of drug-likeness (QED) is 0.165. The van der Waals surface area contributed by atoms with Crippen molar-refractivity contribution in [3.8, 4) is 33.8 Å². The van der Waals surface area contributed by atoms with Gasteiger partial charge in [0, 0.05) is 22.2 Å². The largest absolute Gasteiger partial charge is 0.453 e. The van der Waals surface area contributed by atoms with Crippen LogP contribution in [0.3, 0.4) is 0 Å². The number of hydrogen-bond donors (Lipinski definition) is 0. The number of para-hydroxylation sites is 3. The Hall–Kier alpha value is -7.10. The Bertz CT molecular complexity index is 2970. The molecule has 0 aromatic heterocycles. The maximum Gasteiger partial charge on any atom is 0.151 e. The molecule has 0 spiro atoms. The summed E-state index contributed by atoms with van der Waals surface area (Å²) in [7, 11) is 0. The second kappa shape index (κ2) is 12.5. The van der Waals surface area contributed by atoms with Crippen LogP contribution in [0.2, 0.25) is 0 Å². The van der Waals surface area contributed by atoms with Crippen molar-refractivity contribution < 1.29 is 4.74 Å². The van der Waals surface area contributed by atoms with E-state index in [1.165, 1.54) is 55.0 Å². The zero-order valence-electron chi connectivity index (χ0n) is 31.3. The van der Waals surface area contributed by atoms with Gasteiger partial charge in [0.25, 0.3) is 0 Å². The zero-order chi connectivity index (χ0) is 37.4. The lowest BCUT2D eigenvalue weighted by Gasteiger charge is -2.45. The summed E-state index contributed by atoms with van der Waals surface area (Å²) in [4.78, 5) is 4.82. The molecule has 0 N–H and O–H groups in total. The summed E-state index contributed by atoms with van der Waals surface area (Å²) in [5.74, 6) is 1.77. The molecule has 3 heteroatoms. The topological polar surface area (TPSA) is 15.7 Å². The Balaban J connectivity index is 1.05. The Morgan fingerprint density at radius 3 is 1.79 bits per heavy atom. The Morgan fingerprint density at radius 1 is 0.429 bits per heavy atom. The van der Waals surface area contributed by atoms with Gasteiger partial charge in [-0.2, -0.15) is 0 Å². The van der Waals surface area contributed by atoms with Crippen LogP contribution in [-0.4, -0.2) is 0 Å². The van der Waals surface area contributed by atoms with Crippen LogP contribution in [0.25, 0.3) is 43.8 Å². The minimum Gasteiger partial charge on any atom is -0.453 e. The number of rotatable bonds is 5. The van der Waals surface area contributed by atoms with Crippen LogP contribution in [0.1, 0.15) is 25.0 Å². The highest BCUT2D eigenvalue weighted by Crippen LogP contribution is 2.60. The molecule has 0 saturated carbocycles. The van der Waals surface area contributed by atoms with E-state index >= 15 is 0 Å². The molecule has 0 bridgehead atoms. The first-order valence-electron chi connectivity index (χ1n) is 19.3. The highest BCUT2D eigenvalue weighted by atomic mass is 16.5. The fourth-order valence-corrected chi connectivity index (χ4v) is 9.01. The highest BCUT2D eigenvalue weighted by Gasteiger charge is 2.41. The van der Waals surface area contributed by atoms with Crippen molar-refractivity contribution in [2.45, 2.75) is 19.3 Å². The van der Waals surface area contributed by atoms with Gasteiger partial charge in [-0.15, -0.1) is 0 Å². The summed E-state index contributed by atoms with van der Waals surface area (Å²) in [5.41, 5.74) is 13.8. The van der Waals surface area contributed by atoms with Crippen LogP contribution in [0.4, 0.5) is 34.1 Å². The Labute approximate surface area is 327 Å². The van der Waals surface area contributed by atoms with Gasteiger partial charge in [-0.05, 0) is 104 Å². The third-order valence-electron chi connectivity index (χ3n) is 11.8. The van der Waals surface area contributed by atoms with Gasteiger partial charge in [-0.3, -0.25) is 0 Å². The van der Waals surface area contributed by atoms with Crippen molar-refractivity contribution >= 4 is 55.7 Å². The molecule has 9 aromatic carbocycles. The van der Waals surface area contributed by atoms with Crippen molar-refractivity contribution in [2.75, 3.05) is 9.80 Å². The van der Waals surface area contributed by atoms with E-state index in [9.17, 15) is 0 Å². The van der Waals surface area contributed by atoms with Crippen LogP contribution < -0.4 is 14.5 Å². The number of nitrogens with zero attached hydrogens (tertiary/aromatic N) is 2. The lowest BCUT2D eigenvalue weighted by molar-refractivity contribution is 0.471. The molecule has 2 aliphatic rings. The molecular formula is C53H38N2O. The average Bonchev–Trinajstić information content (AvgIpc) is 3.26. The minimum atomic E-state index is -0.200. The summed E-state index contributed by atoms with van der Waals surface area (Å²) < 4.78 is 6.49. The number of hydrogen-bond acceptors (Lipinski definition) is 3. The predicted octanol–water partition coefficient (Wildman–Crippen LogP) is 15.0. The normalized spacial score (nSPS) is 13.4. The Kier molecular flexibility index (Phi) is 7.20. The van der Waals surface area contributed by atoms with E-state index < -0.39 is 0 Å². The molecule has 11 rings (SSSR count). The number of anilines is 6. The minimum absolute atomic E-state index is 0.200. The lowest BCUT2D eigenvalue weighted by Crippen LogP contribution is -2.32. The van der Waals surface area contributed by atoms with Gasteiger partial charge in [0.2, 0.25) is 0 Å². The summed E-state index contributed by atoms with van der Waals surface area (Å²) >= 11 is 0. The molecule has 0 unspecified atom stereocenters. The van der Waals surface area contributed by atoms with Gasteiger partial charge in [-0.25, -0.2) is 0 Å². The molecular weight excluding hydrogens is 681 g/mol. The van der Waals surface area contributed by atoms with E-state index in [0.717, 1.165) is 45.5 Å². The third-order valence-corrected chi connectivity index (χ3v) is 11.8. The van der Waals surface area contributed by atoms with Gasteiger partial charge >= 0.3 is 0 Å². The number of fused-ring (bicyclic) bond motifs is 7. The first-order chi connectivity index (χ1) is 27.5. The standard InChI is InChI=1S/C53H38N2O/c1-53(2)45-32-27-38(33-49(45)55-47-20-10-11-21-50(47)56-51-22-12-19-46(53)52(51)55)37-25-30-41(31-26-37)54(40-28-23-36(24-29-40)35-13-4-3-5-14-35)48-34-39-15-6-7-16-42(39)43-17-8-9-18-44(43)48/h3-34H,1-2H3. The van der Waals surface area contributed by atoms with Gasteiger partial charge < -0.3 is 14.5 Å². The van der Waals surface area contributed by atoms with Gasteiger partial charge in [0.1, 0.15) is 0 Å². The zero-order valence-corrected chi connectivity index (χ0v) is 31.3. The maximum atomic E-state index is 6.49. The monoisotopic (exact) mass is 718 g/mol. The molecule has 266 valence electrons. The number of benzene rings is 9. The van der Waals surface area contributed by atoms with Crippen molar-refractivity contribution in [1.29, 1.82) is 0 Å². The van der Waals surface area contributed by atoms with E-state index in [4.69, 9.17) is 4.74 Å². The summed E-state index contributed by atoms with van der Waals surface area (Å²) in [6, 6.07) is 70.2. The fourth-order valence-electron chi connectivity index (χ4n) is 9.01. The van der Waals surface area contributed by atoms with Gasteiger partial charge in [-0.1, -0.05) is 153 Å². The molecule has 0 radical (unpaired) electrons. The molecule has 0 fully saturated rings. The summed E-state index contributed by atoms with van der Waals surface area (Å²) in [6.45, 7) is 4.65. The molecule has 0 aliphatic carbocycles. The molecule has 56 heavy (non-hydrogen) atoms. The second-order valence-electron chi connectivity index (χ2n) is 15.4. The molecule has 0 atom stereocenters. The van der Waals surface area contributed by atoms with E-state index in [1.54, 1.807) is 0 Å². The van der Waals surface area contributed by atoms with E-state index in [2.05, 4.69) is 212 Å². The van der Waals surface area contributed by atoms with Crippen LogP contribution in [0, 0.1) is 0 Å². The smallest absolute Gasteiger partial charge is 0.151 e. The van der Waals surface area contributed by atoms with Gasteiger partial charge in [0.15, 0.2) is 11.5 Å². The van der Waals surface area contributed by atoms with E-state index in [-0.39, 0.29) is 5.41 Å². The van der Waals surface area contributed by atoms with Crippen molar-refractivity contribution in [3.63, 3.8) is 0 Å². The van der Waals surface area contributed by atoms with Gasteiger partial charge in [0.05, 0.1) is 22.7 Å². The predicted molar refractivity (Wildman–Crippen MR) is 234 cm³/mol. The average molecular weight is 719 g/mol. The lowest BCUT2D eigenvalue weighted by atomic mass is 9.72. The molecule has 0 saturated heterocycles. The SMILES string of the molecule is CC1(C)c2ccc(-c3ccc(N(c4ccc(-c5ccccc5)cc4)c4cc5ccccc5c5ccccc45)cc3)cc2N2c3ccccc3Oc3cccc1c32. The van der Waals surface area contributed by atoms with Crippen molar-refractivity contribution in [3.05, 3.63) is 205 Å². The third kappa shape index (κ3) is 4.98. The fraction of sp³-hybridized carbons (Fsp3) is 0.0566. The highest BCUT2D eigenvalue weighted by molar-refractivity contribution is 6.14. The molecule has 9 aromatic rings. The maximum absolute atomic E-state index is 6.49. The summed E-state index contributed by atoms with van der Waals surface area (Å²) in [5, 5.41) is 4.93. The summed E-state index contributed by atoms with van der Waals surface area (Å²) in [6.07, 6.45) is 0. The van der Waals surface area contributed by atoms with Crippen molar-refractivity contribution in [2.24, 2.45) is 0 Å². The van der Waals surface area contributed by atoms with E-state index in [1.807, 2.05) is 6.07 Å².